The van der Waals surface area contributed by atoms with Crippen molar-refractivity contribution in [1.29, 1.82) is 0 Å². The lowest BCUT2D eigenvalue weighted by molar-refractivity contribution is -0.128. The number of aromatic nitrogens is 3. The quantitative estimate of drug-likeness (QED) is 0.751. The Labute approximate surface area is 141 Å². The van der Waals surface area contributed by atoms with E-state index in [9.17, 15) is 4.79 Å². The smallest absolute Gasteiger partial charge is 0.233 e. The van der Waals surface area contributed by atoms with E-state index in [0.717, 1.165) is 37.3 Å². The van der Waals surface area contributed by atoms with Crippen LogP contribution < -0.4 is 0 Å². The number of hydrogen-bond acceptors (Lipinski definition) is 4. The molecule has 0 saturated heterocycles. The lowest BCUT2D eigenvalue weighted by Gasteiger charge is -2.19. The van der Waals surface area contributed by atoms with Crippen molar-refractivity contribution in [2.45, 2.75) is 38.8 Å². The molecule has 2 rings (SSSR count). The van der Waals surface area contributed by atoms with Crippen molar-refractivity contribution in [1.82, 2.24) is 20.1 Å². The van der Waals surface area contributed by atoms with Crippen LogP contribution >= 0.6 is 11.8 Å². The van der Waals surface area contributed by atoms with Crippen LogP contribution in [0.3, 0.4) is 0 Å². The van der Waals surface area contributed by atoms with Crippen LogP contribution in [-0.2, 0) is 4.79 Å². The van der Waals surface area contributed by atoms with Gasteiger partial charge in [-0.25, -0.2) is 4.98 Å². The molecule has 1 aromatic carbocycles. The molecule has 1 heterocycles. The van der Waals surface area contributed by atoms with Crippen LogP contribution in [0.15, 0.2) is 29.4 Å². The van der Waals surface area contributed by atoms with Gasteiger partial charge in [0.15, 0.2) is 5.82 Å². The van der Waals surface area contributed by atoms with Crippen molar-refractivity contribution in [3.8, 4) is 11.4 Å². The van der Waals surface area contributed by atoms with Gasteiger partial charge in [0.25, 0.3) is 0 Å². The van der Waals surface area contributed by atoms with Gasteiger partial charge in [-0.1, -0.05) is 54.9 Å². The second-order valence-corrected chi connectivity index (χ2v) is 6.39. The van der Waals surface area contributed by atoms with Crippen LogP contribution in [0.25, 0.3) is 11.4 Å². The van der Waals surface area contributed by atoms with E-state index in [1.807, 2.05) is 36.1 Å². The van der Waals surface area contributed by atoms with Gasteiger partial charge in [-0.2, -0.15) is 0 Å². The van der Waals surface area contributed by atoms with Crippen molar-refractivity contribution in [2.24, 2.45) is 0 Å². The highest BCUT2D eigenvalue weighted by Gasteiger charge is 2.13. The Morgan fingerprint density at radius 3 is 2.65 bits per heavy atom. The van der Waals surface area contributed by atoms with Gasteiger partial charge in [-0.15, -0.1) is 5.10 Å². The summed E-state index contributed by atoms with van der Waals surface area (Å²) in [6, 6.07) is 8.11. The maximum absolute atomic E-state index is 12.2. The van der Waals surface area contributed by atoms with Crippen molar-refractivity contribution in [2.75, 3.05) is 18.8 Å². The molecular weight excluding hydrogens is 308 g/mol. The van der Waals surface area contributed by atoms with Gasteiger partial charge >= 0.3 is 0 Å². The zero-order chi connectivity index (χ0) is 16.7. The molecule has 6 heteroatoms. The molecular formula is C17H24N4OS. The fourth-order valence-electron chi connectivity index (χ4n) is 2.18. The van der Waals surface area contributed by atoms with E-state index in [-0.39, 0.29) is 5.91 Å². The van der Waals surface area contributed by atoms with Gasteiger partial charge in [0.1, 0.15) is 0 Å². The van der Waals surface area contributed by atoms with Crippen molar-refractivity contribution >= 4 is 17.7 Å². The number of carbonyl (C=O) groups is 1. The first-order chi connectivity index (χ1) is 11.1. The van der Waals surface area contributed by atoms with Crippen LogP contribution in [0, 0.1) is 6.92 Å². The predicted octanol–water partition coefficient (Wildman–Crippen LogP) is 3.52. The maximum Gasteiger partial charge on any atom is 0.233 e. The van der Waals surface area contributed by atoms with Gasteiger partial charge in [0.05, 0.1) is 5.75 Å². The Hall–Kier alpha value is -1.82. The molecule has 1 aromatic heterocycles. The molecule has 0 aliphatic heterocycles. The molecule has 0 aliphatic carbocycles. The molecule has 23 heavy (non-hydrogen) atoms. The van der Waals surface area contributed by atoms with E-state index in [1.165, 1.54) is 17.3 Å². The second kappa shape index (κ2) is 8.72. The summed E-state index contributed by atoms with van der Waals surface area (Å²) in [4.78, 5) is 18.6. The number of nitrogens with zero attached hydrogens (tertiary/aromatic N) is 3. The lowest BCUT2D eigenvalue weighted by atomic mass is 10.1. The summed E-state index contributed by atoms with van der Waals surface area (Å²) in [5.74, 6) is 1.26. The van der Waals surface area contributed by atoms with E-state index in [0.29, 0.717) is 10.9 Å². The number of aromatic amines is 1. The fourth-order valence-corrected chi connectivity index (χ4v) is 2.88. The highest BCUT2D eigenvalue weighted by molar-refractivity contribution is 7.99. The number of aryl methyl sites for hydroxylation is 1. The van der Waals surface area contributed by atoms with Crippen LogP contribution in [0.2, 0.25) is 0 Å². The Balaban J connectivity index is 1.91. The maximum atomic E-state index is 12.2. The highest BCUT2D eigenvalue weighted by Crippen LogP contribution is 2.19. The van der Waals surface area contributed by atoms with Crippen molar-refractivity contribution in [3.63, 3.8) is 0 Å². The van der Waals surface area contributed by atoms with Crippen molar-refractivity contribution < 1.29 is 4.79 Å². The van der Waals surface area contributed by atoms with Crippen LogP contribution in [0.4, 0.5) is 0 Å². The number of hydrogen-bond donors (Lipinski definition) is 1. The molecule has 0 radical (unpaired) electrons. The molecule has 0 bridgehead atoms. The Morgan fingerprint density at radius 1 is 1.26 bits per heavy atom. The average molecular weight is 332 g/mol. The summed E-state index contributed by atoms with van der Waals surface area (Å²) < 4.78 is 0. The lowest BCUT2D eigenvalue weighted by Crippen LogP contribution is -2.33. The second-order valence-electron chi connectivity index (χ2n) is 5.45. The molecule has 0 unspecified atom stereocenters. The zero-order valence-corrected chi connectivity index (χ0v) is 14.8. The van der Waals surface area contributed by atoms with Crippen LogP contribution in [0.5, 0.6) is 0 Å². The average Bonchev–Trinajstić information content (AvgIpc) is 3.03. The number of unbranched alkanes of at least 4 members (excludes halogenated alkanes) is 1. The van der Waals surface area contributed by atoms with E-state index >= 15 is 0 Å². The Morgan fingerprint density at radius 2 is 2.00 bits per heavy atom. The summed E-state index contributed by atoms with van der Waals surface area (Å²) in [6.07, 6.45) is 2.14. The Bertz CT molecular complexity index is 624. The molecule has 0 aliphatic rings. The largest absolute Gasteiger partial charge is 0.342 e. The number of thioether (sulfide) groups is 1. The van der Waals surface area contributed by atoms with Crippen LogP contribution in [0.1, 0.15) is 32.3 Å². The van der Waals surface area contributed by atoms with Crippen LogP contribution in [-0.4, -0.2) is 44.8 Å². The molecule has 5 nitrogen and oxygen atoms in total. The van der Waals surface area contributed by atoms with E-state index in [4.69, 9.17) is 0 Å². The fraction of sp³-hybridized carbons (Fsp3) is 0.471. The summed E-state index contributed by atoms with van der Waals surface area (Å²) in [6.45, 7) is 7.78. The molecule has 0 fully saturated rings. The summed E-state index contributed by atoms with van der Waals surface area (Å²) in [5.41, 5.74) is 2.21. The third-order valence-corrected chi connectivity index (χ3v) is 4.46. The first-order valence-electron chi connectivity index (χ1n) is 8.04. The molecule has 2 aromatic rings. The van der Waals surface area contributed by atoms with E-state index in [1.54, 1.807) is 0 Å². The number of nitrogens with one attached hydrogen (secondary N) is 1. The zero-order valence-electron chi connectivity index (χ0n) is 14.0. The highest BCUT2D eigenvalue weighted by atomic mass is 32.2. The molecule has 0 saturated carbocycles. The standard InChI is InChI=1S/C17H24N4OS/c1-4-6-11-21(5-2)15(22)12-23-17-18-16(19-20-17)14-9-7-13(3)8-10-14/h7-10H,4-6,11-12H2,1-3H3,(H,18,19,20). The predicted molar refractivity (Wildman–Crippen MR) is 94.4 cm³/mol. The first-order valence-corrected chi connectivity index (χ1v) is 9.02. The number of benzene rings is 1. The Kier molecular flexibility index (Phi) is 6.65. The summed E-state index contributed by atoms with van der Waals surface area (Å²) in [7, 11) is 0. The monoisotopic (exact) mass is 332 g/mol. The normalized spacial score (nSPS) is 10.7. The third-order valence-electron chi connectivity index (χ3n) is 3.63. The molecule has 124 valence electrons. The summed E-state index contributed by atoms with van der Waals surface area (Å²) in [5, 5.41) is 7.74. The first kappa shape index (κ1) is 17.5. The molecule has 1 N–H and O–H groups in total. The van der Waals surface area contributed by atoms with E-state index < -0.39 is 0 Å². The summed E-state index contributed by atoms with van der Waals surface area (Å²) >= 11 is 1.38. The minimum absolute atomic E-state index is 0.146. The van der Waals surface area contributed by atoms with Gasteiger partial charge < -0.3 is 4.90 Å². The molecule has 0 spiro atoms. The van der Waals surface area contributed by atoms with Gasteiger partial charge in [-0.05, 0) is 20.3 Å². The number of rotatable bonds is 8. The number of amides is 1. The van der Waals surface area contributed by atoms with Crippen molar-refractivity contribution in [3.05, 3.63) is 29.8 Å². The van der Waals surface area contributed by atoms with Gasteiger partial charge in [0, 0.05) is 18.7 Å². The third kappa shape index (κ3) is 5.10. The van der Waals surface area contributed by atoms with E-state index in [2.05, 4.69) is 29.0 Å². The number of carbonyl (C=O) groups excluding carboxylic acids is 1. The topological polar surface area (TPSA) is 61.9 Å². The van der Waals surface area contributed by atoms with Gasteiger partial charge in [-0.3, -0.25) is 9.89 Å². The van der Waals surface area contributed by atoms with Gasteiger partial charge in [0.2, 0.25) is 11.1 Å². The molecule has 1 amide bonds. The molecule has 0 atom stereocenters. The minimum Gasteiger partial charge on any atom is -0.342 e. The number of H-pyrrole nitrogens is 1. The minimum atomic E-state index is 0.146. The SMILES string of the molecule is CCCCN(CC)C(=O)CSc1n[nH]c(-c2ccc(C)cc2)n1.